The Labute approximate surface area is 118 Å². The first-order valence-electron chi connectivity index (χ1n) is 6.84. The summed E-state index contributed by atoms with van der Waals surface area (Å²) in [5.74, 6) is 0.814. The van der Waals surface area contributed by atoms with E-state index in [1.54, 1.807) is 6.20 Å². The molecular weight excluding hydrogens is 258 g/mol. The average Bonchev–Trinajstić information content (AvgIpc) is 3.12. The Kier molecular flexibility index (Phi) is 3.47. The third-order valence-corrected chi connectivity index (χ3v) is 4.00. The minimum Gasteiger partial charge on any atom is -0.380 e. The maximum atomic E-state index is 6.34. The van der Waals surface area contributed by atoms with E-state index in [1.807, 2.05) is 29.1 Å². The summed E-state index contributed by atoms with van der Waals surface area (Å²) in [6, 6.07) is 8.41. The summed E-state index contributed by atoms with van der Waals surface area (Å²) < 4.78 is 1.82. The summed E-state index contributed by atoms with van der Waals surface area (Å²) in [5, 5.41) is 8.66. The van der Waals surface area contributed by atoms with Gasteiger partial charge in [-0.15, -0.1) is 0 Å². The summed E-state index contributed by atoms with van der Waals surface area (Å²) in [6.45, 7) is 2.23. The molecule has 0 radical (unpaired) electrons. The largest absolute Gasteiger partial charge is 0.380 e. The van der Waals surface area contributed by atoms with Gasteiger partial charge < -0.3 is 5.32 Å². The van der Waals surface area contributed by atoms with Crippen molar-refractivity contribution in [3.63, 3.8) is 0 Å². The number of rotatable bonds is 5. The van der Waals surface area contributed by atoms with Crippen LogP contribution in [0.3, 0.4) is 0 Å². The summed E-state index contributed by atoms with van der Waals surface area (Å²) in [6.07, 6.45) is 7.50. The maximum absolute atomic E-state index is 6.34. The Bertz CT molecular complexity index is 547. The summed E-state index contributed by atoms with van der Waals surface area (Å²) in [4.78, 5) is 0. The van der Waals surface area contributed by atoms with Gasteiger partial charge in [0.25, 0.3) is 0 Å². The van der Waals surface area contributed by atoms with Gasteiger partial charge in [-0.25, -0.2) is 4.68 Å². The van der Waals surface area contributed by atoms with Gasteiger partial charge in [-0.3, -0.25) is 0 Å². The number of anilines is 1. The Morgan fingerprint density at radius 1 is 1.42 bits per heavy atom. The lowest BCUT2D eigenvalue weighted by Gasteiger charge is -2.20. The van der Waals surface area contributed by atoms with Crippen molar-refractivity contribution in [1.82, 2.24) is 9.78 Å². The average molecular weight is 276 g/mol. The lowest BCUT2D eigenvalue weighted by molar-refractivity contribution is 0.616. The highest BCUT2D eigenvalue weighted by Crippen LogP contribution is 2.37. The molecule has 0 amide bonds. The van der Waals surface area contributed by atoms with E-state index in [4.69, 9.17) is 11.6 Å². The minimum atomic E-state index is 0.535. The number of benzene rings is 1. The predicted molar refractivity (Wildman–Crippen MR) is 79.0 cm³/mol. The number of para-hydroxylation sites is 1. The molecule has 1 N–H and O–H groups in total. The third-order valence-electron chi connectivity index (χ3n) is 3.69. The van der Waals surface area contributed by atoms with E-state index in [2.05, 4.69) is 23.4 Å². The van der Waals surface area contributed by atoms with E-state index < -0.39 is 0 Å². The first-order chi connectivity index (χ1) is 9.29. The molecule has 1 aromatic carbocycles. The van der Waals surface area contributed by atoms with Crippen molar-refractivity contribution < 1.29 is 0 Å². The van der Waals surface area contributed by atoms with Crippen LogP contribution in [0.25, 0.3) is 5.69 Å². The van der Waals surface area contributed by atoms with Crippen molar-refractivity contribution in [2.24, 2.45) is 5.92 Å². The van der Waals surface area contributed by atoms with Crippen LogP contribution in [-0.2, 0) is 0 Å². The molecule has 0 aliphatic heterocycles. The van der Waals surface area contributed by atoms with Crippen molar-refractivity contribution in [3.8, 4) is 5.69 Å². The minimum absolute atomic E-state index is 0.535. The second kappa shape index (κ2) is 5.25. The van der Waals surface area contributed by atoms with Crippen LogP contribution < -0.4 is 5.32 Å². The molecule has 1 aliphatic rings. The van der Waals surface area contributed by atoms with Crippen LogP contribution in [0.2, 0.25) is 5.02 Å². The number of hydrogen-bond acceptors (Lipinski definition) is 2. The fraction of sp³-hybridized carbons (Fsp3) is 0.400. The monoisotopic (exact) mass is 275 g/mol. The fourth-order valence-electron chi connectivity index (χ4n) is 2.52. The van der Waals surface area contributed by atoms with Crippen molar-refractivity contribution in [2.45, 2.75) is 32.2 Å². The van der Waals surface area contributed by atoms with Gasteiger partial charge in [0, 0.05) is 18.4 Å². The van der Waals surface area contributed by atoms with Gasteiger partial charge in [-0.1, -0.05) is 24.6 Å². The van der Waals surface area contributed by atoms with Crippen LogP contribution in [-0.4, -0.2) is 15.8 Å². The Morgan fingerprint density at radius 3 is 2.89 bits per heavy atom. The smallest absolute Gasteiger partial charge is 0.106 e. The highest BCUT2D eigenvalue weighted by molar-refractivity contribution is 6.33. The molecular formula is C15H18ClN3. The van der Waals surface area contributed by atoms with E-state index in [0.29, 0.717) is 6.04 Å². The van der Waals surface area contributed by atoms with Crippen LogP contribution in [0.15, 0.2) is 36.7 Å². The first kappa shape index (κ1) is 12.5. The van der Waals surface area contributed by atoms with E-state index >= 15 is 0 Å². The van der Waals surface area contributed by atoms with Gasteiger partial charge in [0.1, 0.15) is 5.69 Å². The molecule has 1 atom stereocenters. The zero-order valence-electron chi connectivity index (χ0n) is 11.0. The number of halogens is 1. The standard InChI is InChI=1S/C15H18ClN3/c1-2-13(11-7-8-11)18-14-6-3-5-12(16)15(14)19-10-4-9-17-19/h3-6,9-11,13,18H,2,7-8H2,1H3. The highest BCUT2D eigenvalue weighted by atomic mass is 35.5. The number of aromatic nitrogens is 2. The molecule has 1 aliphatic carbocycles. The van der Waals surface area contributed by atoms with Crippen molar-refractivity contribution >= 4 is 17.3 Å². The molecule has 1 heterocycles. The second-order valence-corrected chi connectivity index (χ2v) is 5.49. The number of hydrogen-bond donors (Lipinski definition) is 1. The van der Waals surface area contributed by atoms with Gasteiger partial charge >= 0.3 is 0 Å². The van der Waals surface area contributed by atoms with Gasteiger partial charge in [0.2, 0.25) is 0 Å². The fourth-order valence-corrected chi connectivity index (χ4v) is 2.78. The second-order valence-electron chi connectivity index (χ2n) is 5.08. The van der Waals surface area contributed by atoms with E-state index in [0.717, 1.165) is 28.7 Å². The Morgan fingerprint density at radius 2 is 2.26 bits per heavy atom. The number of nitrogens with zero attached hydrogens (tertiary/aromatic N) is 2. The lowest BCUT2D eigenvalue weighted by atomic mass is 10.1. The quantitative estimate of drug-likeness (QED) is 0.889. The highest BCUT2D eigenvalue weighted by Gasteiger charge is 2.30. The Hall–Kier alpha value is -1.48. The normalized spacial score (nSPS) is 16.3. The molecule has 4 heteroatoms. The van der Waals surface area contributed by atoms with Gasteiger partial charge in [-0.05, 0) is 43.4 Å². The molecule has 19 heavy (non-hydrogen) atoms. The molecule has 3 rings (SSSR count). The summed E-state index contributed by atoms with van der Waals surface area (Å²) in [5.41, 5.74) is 2.00. The van der Waals surface area contributed by atoms with Crippen LogP contribution in [0.1, 0.15) is 26.2 Å². The van der Waals surface area contributed by atoms with Crippen LogP contribution in [0.5, 0.6) is 0 Å². The first-order valence-corrected chi connectivity index (χ1v) is 7.22. The third kappa shape index (κ3) is 2.61. The molecule has 0 bridgehead atoms. The summed E-state index contributed by atoms with van der Waals surface area (Å²) >= 11 is 6.34. The molecule has 0 spiro atoms. The molecule has 1 fully saturated rings. The van der Waals surface area contributed by atoms with Crippen LogP contribution >= 0.6 is 11.6 Å². The van der Waals surface area contributed by atoms with Crippen molar-refractivity contribution in [2.75, 3.05) is 5.32 Å². The molecule has 100 valence electrons. The van der Waals surface area contributed by atoms with Crippen LogP contribution in [0.4, 0.5) is 5.69 Å². The summed E-state index contributed by atoms with van der Waals surface area (Å²) in [7, 11) is 0. The SMILES string of the molecule is CCC(Nc1cccc(Cl)c1-n1cccn1)C1CC1. The van der Waals surface area contributed by atoms with E-state index in [9.17, 15) is 0 Å². The molecule has 1 saturated carbocycles. The number of nitrogens with one attached hydrogen (secondary N) is 1. The van der Waals surface area contributed by atoms with Crippen LogP contribution in [0, 0.1) is 5.92 Å². The van der Waals surface area contributed by atoms with E-state index in [-0.39, 0.29) is 0 Å². The maximum Gasteiger partial charge on any atom is 0.106 e. The topological polar surface area (TPSA) is 29.9 Å². The molecule has 3 nitrogen and oxygen atoms in total. The van der Waals surface area contributed by atoms with Crippen molar-refractivity contribution in [3.05, 3.63) is 41.7 Å². The Balaban J connectivity index is 1.94. The van der Waals surface area contributed by atoms with Gasteiger partial charge in [0.15, 0.2) is 0 Å². The zero-order chi connectivity index (χ0) is 13.2. The van der Waals surface area contributed by atoms with E-state index in [1.165, 1.54) is 12.8 Å². The molecule has 1 unspecified atom stereocenters. The van der Waals surface area contributed by atoms with Crippen molar-refractivity contribution in [1.29, 1.82) is 0 Å². The zero-order valence-corrected chi connectivity index (χ0v) is 11.8. The molecule has 0 saturated heterocycles. The molecule has 2 aromatic rings. The lowest BCUT2D eigenvalue weighted by Crippen LogP contribution is -2.21. The van der Waals surface area contributed by atoms with Gasteiger partial charge in [0.05, 0.1) is 10.7 Å². The predicted octanol–water partition coefficient (Wildman–Crippen LogP) is 4.13. The van der Waals surface area contributed by atoms with Gasteiger partial charge in [-0.2, -0.15) is 5.10 Å². The molecule has 1 aromatic heterocycles.